The fourth-order valence-corrected chi connectivity index (χ4v) is 3.36. The van der Waals surface area contributed by atoms with Crippen molar-refractivity contribution in [3.63, 3.8) is 0 Å². The molecule has 0 saturated heterocycles. The zero-order valence-electron chi connectivity index (χ0n) is 12.6. The Labute approximate surface area is 126 Å². The molecule has 1 aliphatic carbocycles. The van der Waals surface area contributed by atoms with E-state index in [4.69, 9.17) is 5.73 Å². The minimum Gasteiger partial charge on any atom is -0.346 e. The van der Waals surface area contributed by atoms with Crippen LogP contribution in [-0.4, -0.2) is 44.7 Å². The number of amides is 1. The van der Waals surface area contributed by atoms with E-state index in [9.17, 15) is 18.0 Å². The Morgan fingerprint density at radius 3 is 2.38 bits per heavy atom. The van der Waals surface area contributed by atoms with Crippen molar-refractivity contribution in [2.24, 2.45) is 11.7 Å². The standard InChI is InChI=1S/C14H26N2O4S/c1-21(19,20)10-13(17)12(8-4-5-9-15)16-14(18)11-6-2-3-7-11/h11-12H,2-10,15H2,1H3,(H,16,18)/t12-/m0/s1. The monoisotopic (exact) mass is 318 g/mol. The molecule has 0 unspecified atom stereocenters. The molecule has 0 heterocycles. The Bertz CT molecular complexity index is 456. The highest BCUT2D eigenvalue weighted by molar-refractivity contribution is 7.91. The Kier molecular flexibility index (Phi) is 7.31. The summed E-state index contributed by atoms with van der Waals surface area (Å²) in [4.78, 5) is 24.2. The van der Waals surface area contributed by atoms with Crippen molar-refractivity contribution in [1.29, 1.82) is 0 Å². The van der Waals surface area contributed by atoms with Crippen molar-refractivity contribution in [3.05, 3.63) is 0 Å². The summed E-state index contributed by atoms with van der Waals surface area (Å²) >= 11 is 0. The van der Waals surface area contributed by atoms with E-state index in [1.165, 1.54) is 0 Å². The molecule has 1 saturated carbocycles. The average molecular weight is 318 g/mol. The summed E-state index contributed by atoms with van der Waals surface area (Å²) in [5, 5.41) is 2.75. The van der Waals surface area contributed by atoms with Gasteiger partial charge in [0.25, 0.3) is 0 Å². The van der Waals surface area contributed by atoms with Gasteiger partial charge in [0.15, 0.2) is 15.6 Å². The van der Waals surface area contributed by atoms with Crippen LogP contribution in [0.3, 0.4) is 0 Å². The largest absolute Gasteiger partial charge is 0.346 e. The summed E-state index contributed by atoms with van der Waals surface area (Å²) in [5.74, 6) is -1.10. The normalized spacial score (nSPS) is 17.6. The molecule has 0 radical (unpaired) electrons. The number of nitrogens with one attached hydrogen (secondary N) is 1. The summed E-state index contributed by atoms with van der Waals surface area (Å²) in [6.45, 7) is 0.517. The fourth-order valence-electron chi connectivity index (χ4n) is 2.64. The number of nitrogens with two attached hydrogens (primary N) is 1. The molecule has 122 valence electrons. The topological polar surface area (TPSA) is 106 Å². The van der Waals surface area contributed by atoms with Crippen LogP contribution in [0.25, 0.3) is 0 Å². The van der Waals surface area contributed by atoms with Crippen molar-refractivity contribution in [3.8, 4) is 0 Å². The molecule has 0 aromatic carbocycles. The quantitative estimate of drug-likeness (QED) is 0.599. The Hall–Kier alpha value is -0.950. The van der Waals surface area contributed by atoms with Gasteiger partial charge in [-0.05, 0) is 38.6 Å². The Morgan fingerprint density at radius 1 is 1.24 bits per heavy atom. The minimum atomic E-state index is -3.38. The third kappa shape index (κ3) is 7.04. The van der Waals surface area contributed by atoms with Gasteiger partial charge in [-0.1, -0.05) is 12.8 Å². The van der Waals surface area contributed by atoms with Gasteiger partial charge in [-0.2, -0.15) is 0 Å². The summed E-state index contributed by atoms with van der Waals surface area (Å²) in [7, 11) is -3.38. The van der Waals surface area contributed by atoms with Crippen LogP contribution in [-0.2, 0) is 19.4 Å². The molecule has 1 fully saturated rings. The molecular formula is C14H26N2O4S. The molecule has 0 bridgehead atoms. The molecule has 6 nitrogen and oxygen atoms in total. The fraction of sp³-hybridized carbons (Fsp3) is 0.857. The molecule has 1 aliphatic rings. The van der Waals surface area contributed by atoms with Gasteiger partial charge in [0, 0.05) is 12.2 Å². The zero-order valence-corrected chi connectivity index (χ0v) is 13.5. The molecule has 0 aromatic rings. The number of sulfone groups is 1. The lowest BCUT2D eigenvalue weighted by Gasteiger charge is -2.19. The Balaban J connectivity index is 2.61. The first-order valence-electron chi connectivity index (χ1n) is 7.54. The average Bonchev–Trinajstić information content (AvgIpc) is 2.89. The number of hydrogen-bond donors (Lipinski definition) is 2. The molecule has 3 N–H and O–H groups in total. The van der Waals surface area contributed by atoms with E-state index < -0.39 is 27.4 Å². The molecule has 0 aromatic heterocycles. The summed E-state index contributed by atoms with van der Waals surface area (Å²) in [6.07, 6.45) is 6.69. The molecule has 0 aliphatic heterocycles. The second-order valence-electron chi connectivity index (χ2n) is 5.86. The first kappa shape index (κ1) is 18.1. The van der Waals surface area contributed by atoms with E-state index in [2.05, 4.69) is 5.32 Å². The molecule has 21 heavy (non-hydrogen) atoms. The SMILES string of the molecule is CS(=O)(=O)CC(=O)[C@H](CCCCN)NC(=O)C1CCCC1. The van der Waals surface area contributed by atoms with Crippen LogP contribution in [0.15, 0.2) is 0 Å². The third-order valence-electron chi connectivity index (χ3n) is 3.78. The second-order valence-corrected chi connectivity index (χ2v) is 8.00. The number of ketones is 1. The van der Waals surface area contributed by atoms with Crippen molar-refractivity contribution < 1.29 is 18.0 Å². The van der Waals surface area contributed by atoms with Crippen LogP contribution >= 0.6 is 0 Å². The van der Waals surface area contributed by atoms with Gasteiger partial charge >= 0.3 is 0 Å². The minimum absolute atomic E-state index is 0.0342. The van der Waals surface area contributed by atoms with E-state index >= 15 is 0 Å². The lowest BCUT2D eigenvalue weighted by Crippen LogP contribution is -2.45. The van der Waals surface area contributed by atoms with Gasteiger partial charge in [0.1, 0.15) is 5.75 Å². The lowest BCUT2D eigenvalue weighted by atomic mass is 10.0. The Morgan fingerprint density at radius 2 is 1.86 bits per heavy atom. The summed E-state index contributed by atoms with van der Waals surface area (Å²) < 4.78 is 22.5. The van der Waals surface area contributed by atoms with E-state index in [-0.39, 0.29) is 11.8 Å². The van der Waals surface area contributed by atoms with Gasteiger partial charge in [0.05, 0.1) is 6.04 Å². The lowest BCUT2D eigenvalue weighted by molar-refractivity contribution is -0.129. The molecule has 0 spiro atoms. The van der Waals surface area contributed by atoms with Crippen molar-refractivity contribution in [2.45, 2.75) is 51.0 Å². The van der Waals surface area contributed by atoms with Crippen LogP contribution < -0.4 is 11.1 Å². The number of hydrogen-bond acceptors (Lipinski definition) is 5. The van der Waals surface area contributed by atoms with Gasteiger partial charge in [0.2, 0.25) is 5.91 Å². The van der Waals surface area contributed by atoms with Crippen LogP contribution in [0.1, 0.15) is 44.9 Å². The second kappa shape index (κ2) is 8.48. The highest BCUT2D eigenvalue weighted by Crippen LogP contribution is 2.25. The van der Waals surface area contributed by atoms with E-state index in [1.54, 1.807) is 0 Å². The van der Waals surface area contributed by atoms with Gasteiger partial charge in [-0.3, -0.25) is 9.59 Å². The predicted octanol–water partition coefficient (Wildman–Crippen LogP) is 0.404. The molecule has 1 amide bonds. The molecule has 7 heteroatoms. The van der Waals surface area contributed by atoms with E-state index in [0.717, 1.165) is 38.4 Å². The van der Waals surface area contributed by atoms with E-state index in [0.29, 0.717) is 19.4 Å². The van der Waals surface area contributed by atoms with Gasteiger partial charge < -0.3 is 11.1 Å². The smallest absolute Gasteiger partial charge is 0.223 e. The number of Topliss-reactive ketones (excluding diaryl/α,β-unsaturated/α-hetero) is 1. The highest BCUT2D eigenvalue weighted by Gasteiger charge is 2.28. The van der Waals surface area contributed by atoms with Gasteiger partial charge in [-0.15, -0.1) is 0 Å². The third-order valence-corrected chi connectivity index (χ3v) is 4.59. The van der Waals surface area contributed by atoms with E-state index in [1.807, 2.05) is 0 Å². The highest BCUT2D eigenvalue weighted by atomic mass is 32.2. The first-order chi connectivity index (χ1) is 9.83. The number of carbonyl (C=O) groups excluding carboxylic acids is 2. The maximum atomic E-state index is 12.1. The first-order valence-corrected chi connectivity index (χ1v) is 9.60. The molecule has 1 rings (SSSR count). The molecular weight excluding hydrogens is 292 g/mol. The van der Waals surface area contributed by atoms with Gasteiger partial charge in [-0.25, -0.2) is 8.42 Å². The predicted molar refractivity (Wildman–Crippen MR) is 81.5 cm³/mol. The van der Waals surface area contributed by atoms with Crippen LogP contribution in [0.4, 0.5) is 0 Å². The number of unbranched alkanes of at least 4 members (excludes halogenated alkanes) is 1. The number of carbonyl (C=O) groups is 2. The van der Waals surface area contributed by atoms with Crippen molar-refractivity contribution >= 4 is 21.5 Å². The van der Waals surface area contributed by atoms with Crippen LogP contribution in [0.2, 0.25) is 0 Å². The molecule has 1 atom stereocenters. The maximum absolute atomic E-state index is 12.1. The van der Waals surface area contributed by atoms with Crippen molar-refractivity contribution in [1.82, 2.24) is 5.32 Å². The summed E-state index contributed by atoms with van der Waals surface area (Å²) in [5.41, 5.74) is 5.43. The van der Waals surface area contributed by atoms with Crippen LogP contribution in [0, 0.1) is 5.92 Å². The maximum Gasteiger partial charge on any atom is 0.223 e. The van der Waals surface area contributed by atoms with Crippen LogP contribution in [0.5, 0.6) is 0 Å². The summed E-state index contributed by atoms with van der Waals surface area (Å²) in [6, 6.07) is -0.709. The van der Waals surface area contributed by atoms with Crippen molar-refractivity contribution in [2.75, 3.05) is 18.6 Å². The number of rotatable bonds is 9. The zero-order chi connectivity index (χ0) is 15.9.